The summed E-state index contributed by atoms with van der Waals surface area (Å²) in [6.07, 6.45) is -9.05. The number of hydrogen-bond acceptors (Lipinski definition) is 11. The first-order valence-electron chi connectivity index (χ1n) is 9.58. The van der Waals surface area contributed by atoms with Gasteiger partial charge in [0.15, 0.2) is 23.6 Å². The molecular formula is C21H18O11. The Hall–Kier alpha value is -3.22. The number of rotatable bonds is 5. The molecule has 4 N–H and O–H groups in total. The van der Waals surface area contributed by atoms with Crippen LogP contribution in [-0.2, 0) is 14.3 Å². The zero-order chi connectivity index (χ0) is 23.2. The van der Waals surface area contributed by atoms with Crippen LogP contribution < -0.4 is 0 Å². The Balaban J connectivity index is 1.40. The number of ether oxygens (including phenoxy) is 2. The highest BCUT2D eigenvalue weighted by atomic mass is 16.6. The van der Waals surface area contributed by atoms with Gasteiger partial charge in [-0.1, -0.05) is 24.3 Å². The number of benzene rings is 1. The van der Waals surface area contributed by atoms with E-state index in [0.29, 0.717) is 0 Å². The van der Waals surface area contributed by atoms with Crippen molar-refractivity contribution in [3.8, 4) is 0 Å². The number of esters is 1. The van der Waals surface area contributed by atoms with Crippen molar-refractivity contribution in [1.29, 1.82) is 0 Å². The smallest absolute Gasteiger partial charge is 0.313 e. The number of carbonyl (C=O) groups is 4. The summed E-state index contributed by atoms with van der Waals surface area (Å²) in [5.41, 5.74) is 0.258. The average Bonchev–Trinajstić information content (AvgIpc) is 3.24. The molecule has 0 amide bonds. The molecular weight excluding hydrogens is 428 g/mol. The van der Waals surface area contributed by atoms with E-state index in [0.717, 1.165) is 6.07 Å². The van der Waals surface area contributed by atoms with Crippen LogP contribution in [0.25, 0.3) is 0 Å². The third-order valence-electron chi connectivity index (χ3n) is 5.27. The maximum atomic E-state index is 12.6. The quantitative estimate of drug-likeness (QED) is 0.214. The van der Waals surface area contributed by atoms with Gasteiger partial charge >= 0.3 is 5.97 Å². The van der Waals surface area contributed by atoms with E-state index in [9.17, 15) is 39.6 Å². The van der Waals surface area contributed by atoms with Gasteiger partial charge in [-0.15, -0.1) is 0 Å². The van der Waals surface area contributed by atoms with Crippen LogP contribution in [0.3, 0.4) is 0 Å². The minimum Gasteiger partial charge on any atom is -0.462 e. The van der Waals surface area contributed by atoms with Gasteiger partial charge < -0.3 is 34.3 Å². The van der Waals surface area contributed by atoms with Gasteiger partial charge in [0.25, 0.3) is 0 Å². The molecule has 1 saturated heterocycles. The second-order valence-electron chi connectivity index (χ2n) is 7.38. The van der Waals surface area contributed by atoms with Gasteiger partial charge in [-0.2, -0.15) is 0 Å². The SMILES string of the molecule is O=C(CC(=O)c1cc2c(o1)C(=O)c1ccccc1C2=O)OCC1OC(O)[C@H](O)[C@@H](O)[C@H]1O. The largest absolute Gasteiger partial charge is 0.462 e. The van der Waals surface area contributed by atoms with E-state index >= 15 is 0 Å². The van der Waals surface area contributed by atoms with Crippen LogP contribution in [-0.4, -0.2) is 81.1 Å². The predicted octanol–water partition coefficient (Wildman–Crippen LogP) is -1.03. The first kappa shape index (κ1) is 22.0. The summed E-state index contributed by atoms with van der Waals surface area (Å²) in [6, 6.07) is 7.24. The minimum atomic E-state index is -1.80. The lowest BCUT2D eigenvalue weighted by molar-refractivity contribution is -0.287. The fraction of sp³-hybridized carbons (Fsp3) is 0.333. The number of fused-ring (bicyclic) bond motifs is 2. The minimum absolute atomic E-state index is 0.0781. The Kier molecular flexibility index (Phi) is 5.75. The fourth-order valence-corrected chi connectivity index (χ4v) is 3.53. The van der Waals surface area contributed by atoms with Gasteiger partial charge in [0.05, 0.1) is 5.56 Å². The number of furan rings is 1. The monoisotopic (exact) mass is 446 g/mol. The zero-order valence-corrected chi connectivity index (χ0v) is 16.3. The molecule has 0 bridgehead atoms. The summed E-state index contributed by atoms with van der Waals surface area (Å²) in [4.78, 5) is 49.6. The average molecular weight is 446 g/mol. The van der Waals surface area contributed by atoms with Gasteiger partial charge in [0.1, 0.15) is 37.4 Å². The summed E-state index contributed by atoms with van der Waals surface area (Å²) in [7, 11) is 0. The number of aliphatic hydroxyl groups excluding tert-OH is 4. The van der Waals surface area contributed by atoms with Crippen molar-refractivity contribution in [2.45, 2.75) is 37.1 Å². The molecule has 2 aromatic rings. The molecule has 168 valence electrons. The molecule has 11 heteroatoms. The fourth-order valence-electron chi connectivity index (χ4n) is 3.53. The molecule has 32 heavy (non-hydrogen) atoms. The highest BCUT2D eigenvalue weighted by Crippen LogP contribution is 2.30. The van der Waals surface area contributed by atoms with Crippen molar-refractivity contribution in [3.63, 3.8) is 0 Å². The maximum Gasteiger partial charge on any atom is 0.313 e. The van der Waals surface area contributed by atoms with Gasteiger partial charge in [0.2, 0.25) is 11.6 Å². The van der Waals surface area contributed by atoms with Crippen LogP contribution in [0.15, 0.2) is 34.7 Å². The molecule has 0 radical (unpaired) electrons. The lowest BCUT2D eigenvalue weighted by atomic mass is 9.88. The Morgan fingerprint density at radius 1 is 0.906 bits per heavy atom. The number of ketones is 3. The Morgan fingerprint density at radius 2 is 1.56 bits per heavy atom. The highest BCUT2D eigenvalue weighted by molar-refractivity contribution is 6.28. The summed E-state index contributed by atoms with van der Waals surface area (Å²) in [6.45, 7) is -0.616. The summed E-state index contributed by atoms with van der Waals surface area (Å²) >= 11 is 0. The molecule has 0 saturated carbocycles. The molecule has 2 aliphatic rings. The normalized spacial score (nSPS) is 26.9. The van der Waals surface area contributed by atoms with Crippen LogP contribution in [0.1, 0.15) is 49.0 Å². The van der Waals surface area contributed by atoms with Crippen molar-refractivity contribution in [1.82, 2.24) is 0 Å². The Morgan fingerprint density at radius 3 is 2.25 bits per heavy atom. The topological polar surface area (TPSA) is 181 Å². The Bertz CT molecular complexity index is 1050. The maximum absolute atomic E-state index is 12.6. The van der Waals surface area contributed by atoms with Crippen molar-refractivity contribution in [2.75, 3.05) is 6.61 Å². The molecule has 1 aromatic carbocycles. The van der Waals surface area contributed by atoms with E-state index in [4.69, 9.17) is 13.9 Å². The van der Waals surface area contributed by atoms with Gasteiger partial charge in [-0.25, -0.2) is 0 Å². The van der Waals surface area contributed by atoms with E-state index < -0.39 is 67.1 Å². The van der Waals surface area contributed by atoms with Gasteiger partial charge in [-0.05, 0) is 6.07 Å². The predicted molar refractivity (Wildman–Crippen MR) is 101 cm³/mol. The summed E-state index contributed by atoms with van der Waals surface area (Å²) in [5.74, 6) is -3.59. The molecule has 1 aliphatic heterocycles. The number of aliphatic hydroxyl groups is 4. The molecule has 2 unspecified atom stereocenters. The van der Waals surface area contributed by atoms with E-state index in [1.165, 1.54) is 12.1 Å². The third kappa shape index (κ3) is 3.76. The molecule has 0 spiro atoms. The highest BCUT2D eigenvalue weighted by Gasteiger charge is 2.43. The van der Waals surface area contributed by atoms with E-state index in [-0.39, 0.29) is 28.2 Å². The molecule has 1 aromatic heterocycles. The summed E-state index contributed by atoms with van der Waals surface area (Å²) < 4.78 is 15.0. The van der Waals surface area contributed by atoms with Gasteiger partial charge in [0, 0.05) is 11.1 Å². The number of Topliss-reactive ketones (excluding diaryl/α,β-unsaturated/α-hetero) is 1. The van der Waals surface area contributed by atoms with Crippen LogP contribution >= 0.6 is 0 Å². The first-order chi connectivity index (χ1) is 15.2. The second kappa shape index (κ2) is 8.37. The van der Waals surface area contributed by atoms with Crippen LogP contribution in [0.5, 0.6) is 0 Å². The lowest BCUT2D eigenvalue weighted by Crippen LogP contribution is -2.58. The number of hydrogen-bond donors (Lipinski definition) is 4. The molecule has 4 rings (SSSR count). The van der Waals surface area contributed by atoms with Crippen molar-refractivity contribution < 1.29 is 53.5 Å². The molecule has 1 fully saturated rings. The third-order valence-corrected chi connectivity index (χ3v) is 5.27. The second-order valence-corrected chi connectivity index (χ2v) is 7.38. The van der Waals surface area contributed by atoms with Crippen LogP contribution in [0.4, 0.5) is 0 Å². The number of carbonyl (C=O) groups excluding carboxylic acids is 4. The molecule has 1 aliphatic carbocycles. The molecule has 11 nitrogen and oxygen atoms in total. The van der Waals surface area contributed by atoms with Crippen molar-refractivity contribution in [2.24, 2.45) is 0 Å². The Labute approximate surface area is 179 Å². The van der Waals surface area contributed by atoms with E-state index in [1.54, 1.807) is 12.1 Å². The molecule has 5 atom stereocenters. The van der Waals surface area contributed by atoms with E-state index in [1.807, 2.05) is 0 Å². The lowest BCUT2D eigenvalue weighted by Gasteiger charge is -2.37. The molecule has 2 heterocycles. The van der Waals surface area contributed by atoms with Gasteiger partial charge in [-0.3, -0.25) is 19.2 Å². The summed E-state index contributed by atoms with van der Waals surface area (Å²) in [5, 5.41) is 38.4. The van der Waals surface area contributed by atoms with Crippen molar-refractivity contribution in [3.05, 3.63) is 58.5 Å². The first-order valence-corrected chi connectivity index (χ1v) is 9.58. The van der Waals surface area contributed by atoms with Crippen LogP contribution in [0, 0.1) is 0 Å². The van der Waals surface area contributed by atoms with Crippen LogP contribution in [0.2, 0.25) is 0 Å². The van der Waals surface area contributed by atoms with E-state index in [2.05, 4.69) is 0 Å². The van der Waals surface area contributed by atoms with Crippen molar-refractivity contribution >= 4 is 23.3 Å². The standard InChI is InChI=1S/C21H18O11/c22-11(6-14(23)30-7-13-17(26)18(27)19(28)21(29)32-13)12-5-10-15(24)8-3-1-2-4-9(8)16(25)20(10)31-12/h1-5,13,17-19,21,26-29H,6-7H2/t13?,17-,18-,19+,21?/m0/s1. The zero-order valence-electron chi connectivity index (χ0n) is 16.3.